The molecule has 0 radical (unpaired) electrons. The molecule has 1 aromatic carbocycles. The predicted octanol–water partition coefficient (Wildman–Crippen LogP) is -0.0739. The van der Waals surface area contributed by atoms with Crippen LogP contribution in [0.1, 0.15) is 20.3 Å². The van der Waals surface area contributed by atoms with E-state index in [0.29, 0.717) is 0 Å². The Morgan fingerprint density at radius 2 is 1.75 bits per heavy atom. The molecule has 1 aliphatic rings. The third-order valence-electron chi connectivity index (χ3n) is 3.96. The summed E-state index contributed by atoms with van der Waals surface area (Å²) in [7, 11) is -3.86. The van der Waals surface area contributed by atoms with E-state index < -0.39 is 57.6 Å². The molecular weight excluding hydrogens is 398 g/mol. The van der Waals surface area contributed by atoms with Crippen LogP contribution in [0, 0.1) is 10.1 Å². The van der Waals surface area contributed by atoms with Gasteiger partial charge in [-0.15, -0.1) is 0 Å². The minimum absolute atomic E-state index is 0.118. The third-order valence-corrected chi connectivity index (χ3v) is 5.37. The number of aliphatic hydroxyl groups excluding tert-OH is 3. The molecule has 0 saturated carbocycles. The van der Waals surface area contributed by atoms with Crippen molar-refractivity contribution in [3.8, 4) is 5.75 Å². The smallest absolute Gasteiger partial charge is 0.269 e. The van der Waals surface area contributed by atoms with Crippen LogP contribution in [0.3, 0.4) is 0 Å². The molecule has 0 aliphatic carbocycles. The lowest BCUT2D eigenvalue weighted by atomic mass is 9.97. The first-order chi connectivity index (χ1) is 13.0. The minimum atomic E-state index is -3.86. The predicted molar refractivity (Wildman–Crippen MR) is 95.0 cm³/mol. The first kappa shape index (κ1) is 22.5. The number of hydrogen-bond acceptors (Lipinski definition) is 10. The van der Waals surface area contributed by atoms with E-state index in [1.54, 1.807) is 13.8 Å². The Morgan fingerprint density at radius 3 is 2.29 bits per heavy atom. The van der Waals surface area contributed by atoms with Gasteiger partial charge in [0.15, 0.2) is 0 Å². The van der Waals surface area contributed by atoms with Crippen LogP contribution in [0.5, 0.6) is 5.75 Å². The number of ether oxygens (including phenoxy) is 2. The molecule has 1 aromatic rings. The average molecular weight is 421 g/mol. The van der Waals surface area contributed by atoms with Crippen LogP contribution in [0.4, 0.5) is 5.69 Å². The van der Waals surface area contributed by atoms with Gasteiger partial charge in [-0.1, -0.05) is 0 Å². The maximum Gasteiger partial charge on any atom is 0.269 e. The molecule has 1 heterocycles. The fourth-order valence-electron chi connectivity index (χ4n) is 2.63. The van der Waals surface area contributed by atoms with Gasteiger partial charge in [-0.2, -0.15) is 8.42 Å². The van der Waals surface area contributed by atoms with E-state index in [9.17, 15) is 33.9 Å². The summed E-state index contributed by atoms with van der Waals surface area (Å²) < 4.78 is 39.3. The normalized spacial score (nSPS) is 28.3. The first-order valence-corrected chi connectivity index (χ1v) is 10.1. The van der Waals surface area contributed by atoms with Gasteiger partial charge in [-0.05, 0) is 32.4 Å². The number of nitro groups is 1. The number of non-ortho nitro benzene ring substituents is 1. The van der Waals surface area contributed by atoms with Crippen molar-refractivity contribution in [1.29, 1.82) is 0 Å². The quantitative estimate of drug-likeness (QED) is 0.294. The third kappa shape index (κ3) is 5.83. The highest BCUT2D eigenvalue weighted by molar-refractivity contribution is 7.86. The molecular formula is C16H23NO10S. The van der Waals surface area contributed by atoms with Crippen LogP contribution >= 0.6 is 0 Å². The molecule has 5 atom stereocenters. The van der Waals surface area contributed by atoms with Gasteiger partial charge < -0.3 is 24.8 Å². The Hall–Kier alpha value is -1.83. The van der Waals surface area contributed by atoms with Crippen molar-refractivity contribution >= 4 is 15.8 Å². The fraction of sp³-hybridized carbons (Fsp3) is 0.625. The minimum Gasteiger partial charge on any atom is -0.462 e. The molecule has 2 rings (SSSR count). The zero-order valence-electron chi connectivity index (χ0n) is 15.2. The van der Waals surface area contributed by atoms with Crippen molar-refractivity contribution in [3.63, 3.8) is 0 Å². The van der Waals surface area contributed by atoms with E-state index in [2.05, 4.69) is 0 Å². The summed E-state index contributed by atoms with van der Waals surface area (Å²) in [4.78, 5) is 10.1. The zero-order valence-corrected chi connectivity index (χ0v) is 16.1. The molecule has 12 heteroatoms. The molecule has 0 aromatic heterocycles. The maximum atomic E-state index is 11.8. The second kappa shape index (κ2) is 9.11. The van der Waals surface area contributed by atoms with Crippen molar-refractivity contribution in [2.24, 2.45) is 0 Å². The molecule has 1 fully saturated rings. The van der Waals surface area contributed by atoms with Crippen LogP contribution in [0.2, 0.25) is 0 Å². The number of nitro benzene ring substituents is 1. The summed E-state index contributed by atoms with van der Waals surface area (Å²) in [6.07, 6.45) is -8.13. The molecule has 1 saturated heterocycles. The Kier molecular flexibility index (Phi) is 7.31. The van der Waals surface area contributed by atoms with Crippen molar-refractivity contribution in [1.82, 2.24) is 0 Å². The Labute approximate surface area is 161 Å². The number of nitrogens with zero attached hydrogens (tertiary/aromatic N) is 1. The van der Waals surface area contributed by atoms with Crippen LogP contribution in [0.25, 0.3) is 0 Å². The highest BCUT2D eigenvalue weighted by Crippen LogP contribution is 2.27. The molecule has 0 unspecified atom stereocenters. The van der Waals surface area contributed by atoms with Gasteiger partial charge in [-0.25, -0.2) is 0 Å². The lowest BCUT2D eigenvalue weighted by Crippen LogP contribution is -2.59. The number of rotatable bonds is 8. The van der Waals surface area contributed by atoms with E-state index in [1.165, 1.54) is 24.3 Å². The Morgan fingerprint density at radius 1 is 1.14 bits per heavy atom. The second-order valence-corrected chi connectivity index (χ2v) is 8.30. The summed E-state index contributed by atoms with van der Waals surface area (Å²) in [5.74, 6) is -0.354. The molecule has 0 amide bonds. The highest BCUT2D eigenvalue weighted by atomic mass is 32.2. The van der Waals surface area contributed by atoms with Crippen molar-refractivity contribution < 1.29 is 42.3 Å². The van der Waals surface area contributed by atoms with Crippen molar-refractivity contribution in [2.75, 3.05) is 5.75 Å². The lowest BCUT2D eigenvalue weighted by Gasteiger charge is -2.40. The van der Waals surface area contributed by atoms with Gasteiger partial charge >= 0.3 is 0 Å². The number of aliphatic hydroxyl groups is 3. The summed E-state index contributed by atoms with van der Waals surface area (Å²) in [6.45, 7) is 3.11. The van der Waals surface area contributed by atoms with E-state index in [-0.39, 0.29) is 17.9 Å². The van der Waals surface area contributed by atoms with Gasteiger partial charge in [0, 0.05) is 12.1 Å². The van der Waals surface area contributed by atoms with Crippen LogP contribution < -0.4 is 4.74 Å². The SMILES string of the molecule is CC(C)OS(=O)(=O)CC[C@H]1O[C@H](Oc2ccc([N+](=O)[O-])cc2)[C@@H](O)[C@@H](O)[C@@H]1O. The van der Waals surface area contributed by atoms with Crippen LogP contribution in [0.15, 0.2) is 24.3 Å². The van der Waals surface area contributed by atoms with Gasteiger partial charge in [0.05, 0.1) is 22.9 Å². The molecule has 0 bridgehead atoms. The summed E-state index contributed by atoms with van der Waals surface area (Å²) >= 11 is 0. The Balaban J connectivity index is 2.05. The van der Waals surface area contributed by atoms with Gasteiger partial charge in [-0.3, -0.25) is 14.3 Å². The topological polar surface area (TPSA) is 166 Å². The van der Waals surface area contributed by atoms with E-state index in [1.807, 2.05) is 0 Å². The van der Waals surface area contributed by atoms with E-state index in [4.69, 9.17) is 13.7 Å². The van der Waals surface area contributed by atoms with E-state index >= 15 is 0 Å². The standard InChI is InChI=1S/C16H23NO10S/c1-9(2)27-28(23,24)8-7-12-13(18)14(19)15(20)16(26-12)25-11-5-3-10(4-6-11)17(21)22/h3-6,9,12-16,18-20H,7-8H2,1-2H3/t12-,13-,14+,15+,16+/m1/s1. The highest BCUT2D eigenvalue weighted by Gasteiger charge is 2.45. The zero-order chi connectivity index (χ0) is 21.1. The molecule has 11 nitrogen and oxygen atoms in total. The maximum absolute atomic E-state index is 11.8. The molecule has 28 heavy (non-hydrogen) atoms. The molecule has 0 spiro atoms. The summed E-state index contributed by atoms with van der Waals surface area (Å²) in [6, 6.07) is 4.93. The number of benzene rings is 1. The van der Waals surface area contributed by atoms with Crippen molar-refractivity contribution in [3.05, 3.63) is 34.4 Å². The largest absolute Gasteiger partial charge is 0.462 e. The monoisotopic (exact) mass is 421 g/mol. The molecule has 3 N–H and O–H groups in total. The summed E-state index contributed by atoms with van der Waals surface area (Å²) in [5.41, 5.74) is -0.166. The van der Waals surface area contributed by atoms with Crippen LogP contribution in [-0.4, -0.2) is 71.2 Å². The first-order valence-electron chi connectivity index (χ1n) is 8.52. The van der Waals surface area contributed by atoms with Crippen molar-refractivity contribution in [2.45, 2.75) is 57.1 Å². The van der Waals surface area contributed by atoms with Gasteiger partial charge in [0.25, 0.3) is 15.8 Å². The lowest BCUT2D eigenvalue weighted by molar-refractivity contribution is -0.384. The average Bonchev–Trinajstić information content (AvgIpc) is 2.60. The summed E-state index contributed by atoms with van der Waals surface area (Å²) in [5, 5.41) is 40.8. The van der Waals surface area contributed by atoms with Gasteiger partial charge in [0.2, 0.25) is 6.29 Å². The molecule has 1 aliphatic heterocycles. The fourth-order valence-corrected chi connectivity index (χ4v) is 3.84. The Bertz CT molecular complexity index is 766. The second-order valence-electron chi connectivity index (χ2n) is 6.58. The number of hydrogen-bond donors (Lipinski definition) is 3. The van der Waals surface area contributed by atoms with E-state index in [0.717, 1.165) is 0 Å². The van der Waals surface area contributed by atoms with Gasteiger partial charge in [0.1, 0.15) is 24.1 Å². The van der Waals surface area contributed by atoms with Crippen LogP contribution in [-0.2, 0) is 19.0 Å². The molecule has 158 valence electrons.